The van der Waals surface area contributed by atoms with E-state index >= 15 is 0 Å². The van der Waals surface area contributed by atoms with Crippen LogP contribution in [0.3, 0.4) is 0 Å². The van der Waals surface area contributed by atoms with E-state index in [1.165, 1.54) is 55.6 Å². The highest BCUT2D eigenvalue weighted by molar-refractivity contribution is 5.92. The van der Waals surface area contributed by atoms with E-state index in [0.717, 1.165) is 11.1 Å². The number of ether oxygens (including phenoxy) is 10. The highest BCUT2D eigenvalue weighted by atomic mass is 16.7. The summed E-state index contributed by atoms with van der Waals surface area (Å²) in [6.45, 7) is 1.19. The third-order valence-corrected chi connectivity index (χ3v) is 13.4. The average molecular weight is 1090 g/mol. The summed E-state index contributed by atoms with van der Waals surface area (Å²) in [5.41, 5.74) is 1.74. The van der Waals surface area contributed by atoms with Gasteiger partial charge in [0.15, 0.2) is 29.5 Å². The lowest BCUT2D eigenvalue weighted by atomic mass is 9.97. The van der Waals surface area contributed by atoms with Crippen LogP contribution >= 0.6 is 0 Å². The van der Waals surface area contributed by atoms with Crippen LogP contribution in [-0.2, 0) is 29.5 Å². The van der Waals surface area contributed by atoms with E-state index in [1.54, 1.807) is 110 Å². The molecular formula is C65H50O16. The Morgan fingerprint density at radius 3 is 1.53 bits per heavy atom. The van der Waals surface area contributed by atoms with Crippen molar-refractivity contribution in [1.82, 2.24) is 0 Å². The Balaban J connectivity index is 1.02. The van der Waals surface area contributed by atoms with Crippen molar-refractivity contribution >= 4 is 34.8 Å². The number of fused-ring (bicyclic) bond motifs is 2. The number of rotatable bonds is 17. The molecule has 2 unspecified atom stereocenters. The molecule has 0 bridgehead atoms. The minimum Gasteiger partial charge on any atom is -0.493 e. The summed E-state index contributed by atoms with van der Waals surface area (Å²) < 4.78 is 69.9. The summed E-state index contributed by atoms with van der Waals surface area (Å²) in [6.07, 6.45) is -8.37. The molecule has 2 aliphatic heterocycles. The van der Waals surface area contributed by atoms with Crippen LogP contribution in [-0.4, -0.2) is 74.9 Å². The van der Waals surface area contributed by atoms with E-state index in [9.17, 15) is 24.0 Å². The van der Waals surface area contributed by atoms with Crippen molar-refractivity contribution in [2.24, 2.45) is 0 Å². The lowest BCUT2D eigenvalue weighted by molar-refractivity contribution is -0.275. The minimum absolute atomic E-state index is 0.00787. The van der Waals surface area contributed by atoms with Crippen LogP contribution in [0.5, 0.6) is 28.7 Å². The first-order valence-electron chi connectivity index (χ1n) is 25.9. The zero-order valence-electron chi connectivity index (χ0n) is 43.5. The fourth-order valence-corrected chi connectivity index (χ4v) is 9.57. The van der Waals surface area contributed by atoms with E-state index in [2.05, 4.69) is 0 Å². The molecule has 0 N–H and O–H groups in total. The number of benzene rings is 8. The molecule has 0 spiro atoms. The molecule has 406 valence electrons. The van der Waals surface area contributed by atoms with Gasteiger partial charge in [0, 0.05) is 28.8 Å². The molecule has 16 nitrogen and oxygen atoms in total. The molecule has 9 aromatic rings. The molecule has 1 saturated heterocycles. The first kappa shape index (κ1) is 52.8. The van der Waals surface area contributed by atoms with Gasteiger partial charge in [0.2, 0.25) is 23.6 Å². The second kappa shape index (κ2) is 23.4. The summed E-state index contributed by atoms with van der Waals surface area (Å²) in [4.78, 5) is 71.1. The molecule has 5 atom stereocenters. The van der Waals surface area contributed by atoms with Crippen molar-refractivity contribution < 1.29 is 71.0 Å². The standard InChI is InChI=1S/C65H50O16/c1-3-72-50-37-47(38-51-53(50)54(66)57(71-2)55(75-51)44-34-35-48-49(36-44)81-65(80-48,45-30-18-8-19-31-45)46-32-20-9-21-33-46)74-64-59(79-63(70)43-28-16-7-17-29-43)58(78-62(69)42-26-14-6-15-27-42)56(77-61(68)41-24-12-5-13-25-41)52(76-64)39-73-60(67)40-22-10-4-11-23-40/h4-38,52,56,58-59,64H,3,39H2,1-2H3/t52?,56-,58?,59+,64-/m1/s1. The Morgan fingerprint density at radius 2 is 1.01 bits per heavy atom. The van der Waals surface area contributed by atoms with Crippen LogP contribution in [0.2, 0.25) is 0 Å². The molecule has 8 aromatic carbocycles. The Labute approximate surface area is 463 Å². The molecule has 2 aliphatic rings. The summed E-state index contributed by atoms with van der Waals surface area (Å²) in [5, 5.41) is -0.0115. The molecule has 16 heteroatoms. The number of hydrogen-bond acceptors (Lipinski definition) is 16. The van der Waals surface area contributed by atoms with Gasteiger partial charge in [-0.1, -0.05) is 133 Å². The predicted octanol–water partition coefficient (Wildman–Crippen LogP) is 11.2. The van der Waals surface area contributed by atoms with E-state index in [4.69, 9.17) is 51.8 Å². The fraction of sp³-hybridized carbons (Fsp3) is 0.154. The maximum absolute atomic E-state index is 14.8. The van der Waals surface area contributed by atoms with Gasteiger partial charge in [0.1, 0.15) is 35.2 Å². The van der Waals surface area contributed by atoms with E-state index in [-0.39, 0.29) is 62.8 Å². The molecule has 1 aromatic heterocycles. The third kappa shape index (κ3) is 11.0. The minimum atomic E-state index is -1.77. The molecule has 11 rings (SSSR count). The number of carbonyl (C=O) groups excluding carboxylic acids is 4. The fourth-order valence-electron chi connectivity index (χ4n) is 9.57. The van der Waals surface area contributed by atoms with Crippen molar-refractivity contribution in [1.29, 1.82) is 0 Å². The van der Waals surface area contributed by atoms with Crippen LogP contribution < -0.4 is 29.1 Å². The van der Waals surface area contributed by atoms with Crippen molar-refractivity contribution in [2.75, 3.05) is 20.3 Å². The number of esters is 4. The summed E-state index contributed by atoms with van der Waals surface area (Å²) >= 11 is 0. The highest BCUT2D eigenvalue weighted by Crippen LogP contribution is 2.50. The van der Waals surface area contributed by atoms with Crippen LogP contribution in [0.15, 0.2) is 222 Å². The van der Waals surface area contributed by atoms with E-state index in [1.807, 2.05) is 60.7 Å². The monoisotopic (exact) mass is 1090 g/mol. The van der Waals surface area contributed by atoms with Gasteiger partial charge >= 0.3 is 29.7 Å². The maximum atomic E-state index is 14.8. The molecule has 0 aliphatic carbocycles. The normalized spacial score (nSPS) is 17.7. The first-order valence-corrected chi connectivity index (χ1v) is 25.9. The summed E-state index contributed by atoms with van der Waals surface area (Å²) in [5.74, 6) is -4.20. The molecule has 3 heterocycles. The zero-order chi connectivity index (χ0) is 55.9. The van der Waals surface area contributed by atoms with Crippen LogP contribution in [0.25, 0.3) is 22.3 Å². The van der Waals surface area contributed by atoms with Crippen molar-refractivity contribution in [3.05, 3.63) is 256 Å². The number of hydrogen-bond donors (Lipinski definition) is 0. The molecule has 1 fully saturated rings. The molecule has 0 radical (unpaired) electrons. The summed E-state index contributed by atoms with van der Waals surface area (Å²) in [7, 11) is 1.35. The first-order chi connectivity index (χ1) is 39.6. The Bertz CT molecular complexity index is 3730. The second-order valence-electron chi connectivity index (χ2n) is 18.6. The molecular weight excluding hydrogens is 1040 g/mol. The van der Waals surface area contributed by atoms with Crippen molar-refractivity contribution in [2.45, 2.75) is 43.4 Å². The van der Waals surface area contributed by atoms with Gasteiger partial charge in [-0.15, -0.1) is 0 Å². The third-order valence-electron chi connectivity index (χ3n) is 13.4. The quantitative estimate of drug-likeness (QED) is 0.0617. The van der Waals surface area contributed by atoms with Crippen molar-refractivity contribution in [3.63, 3.8) is 0 Å². The largest absolute Gasteiger partial charge is 0.493 e. The smallest absolute Gasteiger partial charge is 0.338 e. The van der Waals surface area contributed by atoms with Gasteiger partial charge in [-0.3, -0.25) is 4.79 Å². The summed E-state index contributed by atoms with van der Waals surface area (Å²) in [6, 6.07) is 59.1. The zero-order valence-corrected chi connectivity index (χ0v) is 43.5. The Hall–Kier alpha value is -10.2. The molecule has 0 saturated carbocycles. The second-order valence-corrected chi connectivity index (χ2v) is 18.6. The van der Waals surface area contributed by atoms with Gasteiger partial charge in [-0.2, -0.15) is 0 Å². The molecule has 0 amide bonds. The molecule has 81 heavy (non-hydrogen) atoms. The average Bonchev–Trinajstić information content (AvgIpc) is 4.20. The Kier molecular flexibility index (Phi) is 15.3. The predicted molar refractivity (Wildman–Crippen MR) is 294 cm³/mol. The number of carbonyl (C=O) groups is 4. The van der Waals surface area contributed by atoms with E-state index in [0.29, 0.717) is 17.1 Å². The highest BCUT2D eigenvalue weighted by Gasteiger charge is 2.54. The van der Waals surface area contributed by atoms with Crippen LogP contribution in [0.4, 0.5) is 0 Å². The van der Waals surface area contributed by atoms with Gasteiger partial charge in [-0.05, 0) is 73.7 Å². The SMILES string of the molecule is CCOc1cc(O[C@@H]2OC(COC(=O)c3ccccc3)[C@@H](OC(=O)c3ccccc3)C(OC(=O)c3ccccc3)[C@@H]2OC(=O)c2ccccc2)cc2oc(-c3ccc4c(c3)OC(c3ccccc3)(c3ccccc3)O4)c(OC)c(=O)c12. The van der Waals surface area contributed by atoms with Gasteiger partial charge in [0.25, 0.3) is 0 Å². The topological polar surface area (TPSA) is 191 Å². The number of methoxy groups -OCH3 is 1. The van der Waals surface area contributed by atoms with Gasteiger partial charge in [0.05, 0.1) is 36.0 Å². The lowest BCUT2D eigenvalue weighted by Crippen LogP contribution is -2.63. The lowest BCUT2D eigenvalue weighted by Gasteiger charge is -2.44. The Morgan fingerprint density at radius 1 is 0.531 bits per heavy atom. The van der Waals surface area contributed by atoms with Gasteiger partial charge < -0.3 is 51.8 Å². The van der Waals surface area contributed by atoms with Crippen molar-refractivity contribution in [3.8, 4) is 40.1 Å². The van der Waals surface area contributed by atoms with Crippen LogP contribution in [0.1, 0.15) is 59.5 Å². The van der Waals surface area contributed by atoms with E-state index < -0.39 is 72.4 Å². The maximum Gasteiger partial charge on any atom is 0.338 e. The van der Waals surface area contributed by atoms with Crippen LogP contribution in [0, 0.1) is 0 Å². The van der Waals surface area contributed by atoms with Gasteiger partial charge in [-0.25, -0.2) is 19.2 Å².